The highest BCUT2D eigenvalue weighted by Crippen LogP contribution is 2.29. The monoisotopic (exact) mass is 396 g/mol. The topological polar surface area (TPSA) is 76.6 Å². The van der Waals surface area contributed by atoms with Crippen LogP contribution in [0.3, 0.4) is 0 Å². The van der Waals surface area contributed by atoms with Gasteiger partial charge in [-0.2, -0.15) is 0 Å². The minimum atomic E-state index is -0.242. The number of nitrogens with one attached hydrogen (secondary N) is 1. The second kappa shape index (κ2) is 6.14. The number of hydrogen-bond donors (Lipinski definition) is 1. The maximum atomic E-state index is 12.9. The molecule has 0 aliphatic rings. The van der Waals surface area contributed by atoms with Crippen LogP contribution in [0.1, 0.15) is 35.4 Å². The van der Waals surface area contributed by atoms with E-state index in [2.05, 4.69) is 34.3 Å². The van der Waals surface area contributed by atoms with Crippen molar-refractivity contribution in [3.05, 3.63) is 52.7 Å². The third kappa shape index (κ3) is 2.62. The summed E-state index contributed by atoms with van der Waals surface area (Å²) < 4.78 is 3.93. The Morgan fingerprint density at radius 3 is 2.93 bits per heavy atom. The summed E-state index contributed by atoms with van der Waals surface area (Å²) in [4.78, 5) is 20.0. The van der Waals surface area contributed by atoms with Gasteiger partial charge in [0.25, 0.3) is 5.91 Å². The van der Waals surface area contributed by atoms with Gasteiger partial charge >= 0.3 is 0 Å². The van der Waals surface area contributed by atoms with Gasteiger partial charge in [-0.15, -0.1) is 32.9 Å². The van der Waals surface area contributed by atoms with Crippen molar-refractivity contribution in [1.82, 2.24) is 29.3 Å². The van der Waals surface area contributed by atoms with E-state index in [0.29, 0.717) is 4.88 Å². The molecule has 0 fully saturated rings. The minimum Gasteiger partial charge on any atom is -0.341 e. The van der Waals surface area contributed by atoms with Gasteiger partial charge in [0.1, 0.15) is 4.83 Å². The van der Waals surface area contributed by atoms with Crippen LogP contribution in [-0.2, 0) is 0 Å². The van der Waals surface area contributed by atoms with Crippen molar-refractivity contribution in [1.29, 1.82) is 0 Å². The molecule has 0 aliphatic heterocycles. The Balaban J connectivity index is 1.49. The molecule has 0 aliphatic carbocycles. The smallest absolute Gasteiger partial charge is 0.262 e. The van der Waals surface area contributed by atoms with Gasteiger partial charge in [-0.05, 0) is 24.1 Å². The third-order valence-electron chi connectivity index (χ3n) is 4.54. The molecular formula is C18H16N6OS2. The third-order valence-corrected chi connectivity index (χ3v) is 6.31. The van der Waals surface area contributed by atoms with Crippen molar-refractivity contribution in [2.75, 3.05) is 0 Å². The van der Waals surface area contributed by atoms with E-state index < -0.39 is 0 Å². The van der Waals surface area contributed by atoms with Crippen LogP contribution in [0.15, 0.2) is 42.0 Å². The summed E-state index contributed by atoms with van der Waals surface area (Å²) in [6.07, 6.45) is 3.89. The van der Waals surface area contributed by atoms with Crippen molar-refractivity contribution in [3.8, 4) is 0 Å². The molecule has 5 aromatic rings. The number of carbonyl (C=O) groups is 1. The molecule has 0 radical (unpaired) electrons. The van der Waals surface area contributed by atoms with Crippen LogP contribution >= 0.6 is 22.7 Å². The number of aromatic nitrogens is 5. The maximum Gasteiger partial charge on any atom is 0.262 e. The first-order chi connectivity index (χ1) is 13.1. The van der Waals surface area contributed by atoms with Crippen LogP contribution in [-0.4, -0.2) is 29.9 Å². The number of rotatable bonds is 4. The molecule has 0 aromatic carbocycles. The Labute approximate surface area is 162 Å². The summed E-state index contributed by atoms with van der Waals surface area (Å²) >= 11 is 3.00. The molecule has 27 heavy (non-hydrogen) atoms. The molecule has 5 heterocycles. The van der Waals surface area contributed by atoms with Crippen LogP contribution in [0.25, 0.3) is 21.0 Å². The number of hydrogen-bond acceptors (Lipinski definition) is 6. The first-order valence-electron chi connectivity index (χ1n) is 8.57. The zero-order valence-corrected chi connectivity index (χ0v) is 16.3. The van der Waals surface area contributed by atoms with Crippen LogP contribution in [0.5, 0.6) is 0 Å². The average Bonchev–Trinajstić information content (AvgIpc) is 3.39. The summed E-state index contributed by atoms with van der Waals surface area (Å²) in [5, 5.41) is 13.6. The molecule has 7 nitrogen and oxygen atoms in total. The van der Waals surface area contributed by atoms with Crippen LogP contribution in [0.2, 0.25) is 0 Å². The van der Waals surface area contributed by atoms with Crippen molar-refractivity contribution < 1.29 is 4.79 Å². The number of pyridine rings is 1. The Hall–Kier alpha value is -2.78. The van der Waals surface area contributed by atoms with Gasteiger partial charge in [0.05, 0.1) is 16.4 Å². The fourth-order valence-corrected chi connectivity index (χ4v) is 4.88. The summed E-state index contributed by atoms with van der Waals surface area (Å²) in [5.74, 6) is 0.779. The van der Waals surface area contributed by atoms with Crippen molar-refractivity contribution in [2.45, 2.75) is 19.9 Å². The molecule has 0 spiro atoms. The number of nitrogens with zero attached hydrogens (tertiary/aromatic N) is 5. The lowest BCUT2D eigenvalue weighted by Gasteiger charge is -2.20. The molecule has 0 unspecified atom stereocenters. The molecule has 0 bridgehead atoms. The van der Waals surface area contributed by atoms with E-state index >= 15 is 0 Å². The second-order valence-corrected chi connectivity index (χ2v) is 8.55. The van der Waals surface area contributed by atoms with E-state index in [1.165, 1.54) is 11.3 Å². The fraction of sp³-hybridized carbons (Fsp3) is 0.222. The number of thiophene rings is 1. The molecule has 0 saturated carbocycles. The number of fused-ring (bicyclic) bond motifs is 4. The number of amides is 1. The predicted molar refractivity (Wildman–Crippen MR) is 106 cm³/mol. The molecule has 1 N–H and O–H groups in total. The quantitative estimate of drug-likeness (QED) is 0.502. The number of imidazole rings is 1. The Kier molecular flexibility index (Phi) is 3.73. The molecule has 1 atom stereocenters. The SMILES string of the molecule is CC(C)[C@H](NC(=O)c1cc2c(nc3sccn32)s1)c1nnc2ccccn12. The number of thiazole rings is 1. The average molecular weight is 397 g/mol. The van der Waals surface area contributed by atoms with E-state index in [1.807, 2.05) is 50.8 Å². The zero-order valence-electron chi connectivity index (χ0n) is 14.7. The lowest BCUT2D eigenvalue weighted by atomic mass is 10.0. The summed E-state index contributed by atoms with van der Waals surface area (Å²) in [7, 11) is 0. The first kappa shape index (κ1) is 16.4. The molecule has 136 valence electrons. The Bertz CT molecular complexity index is 1280. The Morgan fingerprint density at radius 1 is 1.19 bits per heavy atom. The molecular weight excluding hydrogens is 380 g/mol. The first-order valence-corrected chi connectivity index (χ1v) is 10.3. The Morgan fingerprint density at radius 2 is 2.07 bits per heavy atom. The van der Waals surface area contributed by atoms with Gasteiger partial charge in [-0.1, -0.05) is 19.9 Å². The maximum absolute atomic E-state index is 12.9. The molecule has 1 amide bonds. The lowest BCUT2D eigenvalue weighted by Crippen LogP contribution is -2.32. The normalized spacial score (nSPS) is 13.1. The molecule has 0 saturated heterocycles. The molecule has 5 aromatic heterocycles. The van der Waals surface area contributed by atoms with Crippen molar-refractivity contribution in [3.63, 3.8) is 0 Å². The zero-order chi connectivity index (χ0) is 18.5. The van der Waals surface area contributed by atoms with E-state index in [1.54, 1.807) is 11.3 Å². The van der Waals surface area contributed by atoms with E-state index in [4.69, 9.17) is 0 Å². The number of carbonyl (C=O) groups excluding carboxylic acids is 1. The van der Waals surface area contributed by atoms with Crippen LogP contribution in [0.4, 0.5) is 0 Å². The van der Waals surface area contributed by atoms with Gasteiger partial charge < -0.3 is 5.32 Å². The summed E-state index contributed by atoms with van der Waals surface area (Å²) in [6.45, 7) is 4.12. The van der Waals surface area contributed by atoms with Gasteiger partial charge in [-0.25, -0.2) is 4.98 Å². The van der Waals surface area contributed by atoms with Crippen molar-refractivity contribution >= 4 is 49.5 Å². The second-order valence-electron chi connectivity index (χ2n) is 6.65. The van der Waals surface area contributed by atoms with Crippen LogP contribution < -0.4 is 5.32 Å². The standard InChI is InChI=1S/C18H16N6OS2/c1-10(2)14(15-22-21-13-5-3-4-6-24(13)15)19-16(25)12-9-11-17(27-12)20-18-23(11)7-8-26-18/h3-10,14H,1-2H3,(H,19,25)/t14-/m0/s1. The van der Waals surface area contributed by atoms with Gasteiger partial charge in [-0.3, -0.25) is 13.6 Å². The van der Waals surface area contributed by atoms with E-state index in [0.717, 1.165) is 26.8 Å². The van der Waals surface area contributed by atoms with Gasteiger partial charge in [0, 0.05) is 17.8 Å². The highest BCUT2D eigenvalue weighted by Gasteiger charge is 2.25. The minimum absolute atomic E-state index is 0.117. The van der Waals surface area contributed by atoms with Crippen molar-refractivity contribution in [2.24, 2.45) is 5.92 Å². The summed E-state index contributed by atoms with van der Waals surface area (Å²) in [5.41, 5.74) is 1.73. The molecule has 9 heteroatoms. The summed E-state index contributed by atoms with van der Waals surface area (Å²) in [6, 6.07) is 7.41. The van der Waals surface area contributed by atoms with Gasteiger partial charge in [0.2, 0.25) is 0 Å². The van der Waals surface area contributed by atoms with Gasteiger partial charge in [0.15, 0.2) is 16.4 Å². The van der Waals surface area contributed by atoms with E-state index in [9.17, 15) is 4.79 Å². The highest BCUT2D eigenvalue weighted by molar-refractivity contribution is 7.21. The highest BCUT2D eigenvalue weighted by atomic mass is 32.1. The van der Waals surface area contributed by atoms with E-state index in [-0.39, 0.29) is 17.9 Å². The fourth-order valence-electron chi connectivity index (χ4n) is 3.17. The largest absolute Gasteiger partial charge is 0.341 e. The predicted octanol–water partition coefficient (Wildman–Crippen LogP) is 3.78. The van der Waals surface area contributed by atoms with Crippen LogP contribution in [0, 0.1) is 5.92 Å². The molecule has 5 rings (SSSR count). The lowest BCUT2D eigenvalue weighted by molar-refractivity contribution is 0.0927.